The summed E-state index contributed by atoms with van der Waals surface area (Å²) in [6.45, 7) is 4.52. The molecule has 2 unspecified atom stereocenters. The largest absolute Gasteiger partial charge is 0.512 e. The molecule has 0 heterocycles. The van der Waals surface area contributed by atoms with Gasteiger partial charge in [-0.2, -0.15) is 0 Å². The Bertz CT molecular complexity index is 191. The van der Waals surface area contributed by atoms with Crippen molar-refractivity contribution in [3.8, 4) is 0 Å². The predicted octanol–water partition coefficient (Wildman–Crippen LogP) is 2.49. The molecule has 2 aliphatic rings. The standard InChI is InChI=1S/C9H14O/c1-9(2)6-3-4-7(9)8(10)5-6/h5-7,10H,3-4H2,1-2H3. The molecule has 0 spiro atoms. The predicted molar refractivity (Wildman–Crippen MR) is 40.7 cm³/mol. The molecule has 2 aliphatic carbocycles. The third-order valence-corrected chi connectivity index (χ3v) is 3.35. The molecule has 0 saturated heterocycles. The molecule has 0 aliphatic heterocycles. The summed E-state index contributed by atoms with van der Waals surface area (Å²) >= 11 is 0. The maximum Gasteiger partial charge on any atom is 0.0922 e. The Balaban J connectivity index is 2.37. The number of aliphatic hydroxyl groups is 1. The third-order valence-electron chi connectivity index (χ3n) is 3.35. The minimum atomic E-state index is 0.351. The highest BCUT2D eigenvalue weighted by molar-refractivity contribution is 5.20. The first kappa shape index (κ1) is 6.26. The molecule has 1 saturated carbocycles. The molecule has 2 atom stereocenters. The van der Waals surface area contributed by atoms with Crippen LogP contribution < -0.4 is 0 Å². The zero-order chi connectivity index (χ0) is 7.35. The number of hydrogen-bond donors (Lipinski definition) is 1. The molecule has 0 aromatic carbocycles. The van der Waals surface area contributed by atoms with Crippen molar-refractivity contribution < 1.29 is 5.11 Å². The molecule has 0 aromatic heterocycles. The fourth-order valence-electron chi connectivity index (χ4n) is 2.50. The van der Waals surface area contributed by atoms with Crippen molar-refractivity contribution in [1.29, 1.82) is 0 Å². The molecule has 0 radical (unpaired) electrons. The zero-order valence-corrected chi connectivity index (χ0v) is 6.59. The average molecular weight is 138 g/mol. The fraction of sp³-hybridized carbons (Fsp3) is 0.778. The summed E-state index contributed by atoms with van der Waals surface area (Å²) in [6.07, 6.45) is 4.52. The van der Waals surface area contributed by atoms with Crippen molar-refractivity contribution >= 4 is 0 Å². The van der Waals surface area contributed by atoms with Gasteiger partial charge in [0.2, 0.25) is 0 Å². The molecule has 0 aromatic rings. The Kier molecular flexibility index (Phi) is 0.988. The maximum atomic E-state index is 9.42. The molecule has 1 heteroatoms. The molecule has 1 nitrogen and oxygen atoms in total. The Morgan fingerprint density at radius 1 is 1.50 bits per heavy atom. The van der Waals surface area contributed by atoms with Crippen LogP contribution in [0.1, 0.15) is 26.7 Å². The molecular formula is C9H14O. The first-order valence-corrected chi connectivity index (χ1v) is 4.03. The molecule has 2 bridgehead atoms. The summed E-state index contributed by atoms with van der Waals surface area (Å²) in [6, 6.07) is 0. The van der Waals surface area contributed by atoms with Crippen LogP contribution in [-0.2, 0) is 0 Å². The maximum absolute atomic E-state index is 9.42. The van der Waals surface area contributed by atoms with Crippen molar-refractivity contribution in [2.75, 3.05) is 0 Å². The van der Waals surface area contributed by atoms with Crippen LogP contribution in [0.5, 0.6) is 0 Å². The summed E-state index contributed by atoms with van der Waals surface area (Å²) in [5, 5.41) is 9.42. The van der Waals surface area contributed by atoms with E-state index in [1.54, 1.807) is 0 Å². The first-order valence-electron chi connectivity index (χ1n) is 4.03. The van der Waals surface area contributed by atoms with E-state index in [0.717, 1.165) is 0 Å². The first-order chi connectivity index (χ1) is 4.62. The summed E-state index contributed by atoms with van der Waals surface area (Å²) in [5.74, 6) is 1.77. The number of rotatable bonds is 0. The van der Waals surface area contributed by atoms with E-state index in [1.807, 2.05) is 6.08 Å². The number of fused-ring (bicyclic) bond motifs is 2. The Morgan fingerprint density at radius 3 is 2.40 bits per heavy atom. The second kappa shape index (κ2) is 1.58. The number of allylic oxidation sites excluding steroid dienone is 2. The summed E-state index contributed by atoms with van der Waals surface area (Å²) in [4.78, 5) is 0. The Morgan fingerprint density at radius 2 is 2.20 bits per heavy atom. The highest BCUT2D eigenvalue weighted by atomic mass is 16.3. The van der Waals surface area contributed by atoms with E-state index in [4.69, 9.17) is 0 Å². The molecular weight excluding hydrogens is 124 g/mol. The zero-order valence-electron chi connectivity index (χ0n) is 6.59. The van der Waals surface area contributed by atoms with Gasteiger partial charge < -0.3 is 5.11 Å². The molecule has 2 rings (SSSR count). The van der Waals surface area contributed by atoms with Gasteiger partial charge in [0.25, 0.3) is 0 Å². The minimum absolute atomic E-state index is 0.351. The molecule has 1 fully saturated rings. The van der Waals surface area contributed by atoms with Crippen LogP contribution in [0, 0.1) is 17.3 Å². The van der Waals surface area contributed by atoms with Gasteiger partial charge in [0.05, 0.1) is 5.76 Å². The minimum Gasteiger partial charge on any atom is -0.512 e. The van der Waals surface area contributed by atoms with E-state index in [2.05, 4.69) is 13.8 Å². The van der Waals surface area contributed by atoms with Gasteiger partial charge in [0.15, 0.2) is 0 Å². The van der Waals surface area contributed by atoms with Crippen LogP contribution in [-0.4, -0.2) is 5.11 Å². The van der Waals surface area contributed by atoms with E-state index in [0.29, 0.717) is 23.0 Å². The topological polar surface area (TPSA) is 20.2 Å². The van der Waals surface area contributed by atoms with Crippen LogP contribution in [0.25, 0.3) is 0 Å². The normalized spacial score (nSPS) is 42.0. The van der Waals surface area contributed by atoms with Gasteiger partial charge in [0, 0.05) is 5.92 Å². The lowest BCUT2D eigenvalue weighted by Gasteiger charge is -2.23. The van der Waals surface area contributed by atoms with Gasteiger partial charge in [-0.15, -0.1) is 0 Å². The quantitative estimate of drug-likeness (QED) is 0.545. The molecule has 1 N–H and O–H groups in total. The second-order valence-electron chi connectivity index (χ2n) is 4.15. The van der Waals surface area contributed by atoms with Crippen molar-refractivity contribution in [3.05, 3.63) is 11.8 Å². The lowest BCUT2D eigenvalue weighted by molar-refractivity contribution is 0.226. The van der Waals surface area contributed by atoms with Gasteiger partial charge in [-0.05, 0) is 30.3 Å². The molecule has 10 heavy (non-hydrogen) atoms. The van der Waals surface area contributed by atoms with E-state index in [9.17, 15) is 5.11 Å². The second-order valence-corrected chi connectivity index (χ2v) is 4.15. The van der Waals surface area contributed by atoms with Crippen molar-refractivity contribution in [3.63, 3.8) is 0 Å². The van der Waals surface area contributed by atoms with Crippen molar-refractivity contribution in [2.45, 2.75) is 26.7 Å². The van der Waals surface area contributed by atoms with Crippen LogP contribution in [0.3, 0.4) is 0 Å². The van der Waals surface area contributed by atoms with Crippen LogP contribution in [0.2, 0.25) is 0 Å². The highest BCUT2D eigenvalue weighted by Gasteiger charge is 2.48. The van der Waals surface area contributed by atoms with E-state index in [-0.39, 0.29) is 0 Å². The van der Waals surface area contributed by atoms with Crippen molar-refractivity contribution in [1.82, 2.24) is 0 Å². The van der Waals surface area contributed by atoms with E-state index >= 15 is 0 Å². The SMILES string of the molecule is CC1(C)C2C=C(O)C1CC2. The number of hydrogen-bond acceptors (Lipinski definition) is 1. The molecule has 0 amide bonds. The van der Waals surface area contributed by atoms with Crippen LogP contribution in [0.4, 0.5) is 0 Å². The van der Waals surface area contributed by atoms with Gasteiger partial charge in [-0.1, -0.05) is 13.8 Å². The lowest BCUT2D eigenvalue weighted by atomic mass is 9.81. The van der Waals surface area contributed by atoms with Gasteiger partial charge >= 0.3 is 0 Å². The fourth-order valence-corrected chi connectivity index (χ4v) is 2.50. The van der Waals surface area contributed by atoms with Crippen molar-refractivity contribution in [2.24, 2.45) is 17.3 Å². The van der Waals surface area contributed by atoms with Crippen LogP contribution in [0.15, 0.2) is 11.8 Å². The van der Waals surface area contributed by atoms with E-state index < -0.39 is 0 Å². The van der Waals surface area contributed by atoms with Gasteiger partial charge in [-0.3, -0.25) is 0 Å². The van der Waals surface area contributed by atoms with Gasteiger partial charge in [0.1, 0.15) is 0 Å². The average Bonchev–Trinajstić information content (AvgIpc) is 2.20. The summed E-state index contributed by atoms with van der Waals surface area (Å²) < 4.78 is 0. The highest BCUT2D eigenvalue weighted by Crippen LogP contribution is 2.55. The smallest absolute Gasteiger partial charge is 0.0922 e. The molecule has 56 valence electrons. The summed E-state index contributed by atoms with van der Waals surface area (Å²) in [7, 11) is 0. The van der Waals surface area contributed by atoms with E-state index in [1.165, 1.54) is 12.8 Å². The summed E-state index contributed by atoms with van der Waals surface area (Å²) in [5.41, 5.74) is 0.351. The Labute approximate surface area is 61.8 Å². The monoisotopic (exact) mass is 138 g/mol. The van der Waals surface area contributed by atoms with Crippen LogP contribution >= 0.6 is 0 Å². The Hall–Kier alpha value is -0.460. The third kappa shape index (κ3) is 0.536. The number of aliphatic hydroxyl groups excluding tert-OH is 1. The lowest BCUT2D eigenvalue weighted by Crippen LogP contribution is -2.18. The van der Waals surface area contributed by atoms with Gasteiger partial charge in [-0.25, -0.2) is 0 Å².